The number of carbonyl (C=O) groups is 1. The highest BCUT2D eigenvalue weighted by atomic mass is 16.5. The van der Waals surface area contributed by atoms with Crippen molar-refractivity contribution in [2.75, 3.05) is 13.7 Å². The zero-order chi connectivity index (χ0) is 23.4. The van der Waals surface area contributed by atoms with Gasteiger partial charge in [0, 0.05) is 11.1 Å². The molecule has 2 N–H and O–H groups in total. The summed E-state index contributed by atoms with van der Waals surface area (Å²) in [6.07, 6.45) is 1.90. The second-order valence-electron chi connectivity index (χ2n) is 8.35. The molecule has 3 rings (SSSR count). The van der Waals surface area contributed by atoms with Gasteiger partial charge in [-0.2, -0.15) is 0 Å². The molecule has 0 saturated heterocycles. The Labute approximate surface area is 188 Å². The second kappa shape index (κ2) is 9.92. The van der Waals surface area contributed by atoms with E-state index in [9.17, 15) is 9.90 Å². The minimum Gasteiger partial charge on any atom is -0.497 e. The molecule has 0 aliphatic heterocycles. The number of aromatic nitrogens is 1. The van der Waals surface area contributed by atoms with Crippen molar-refractivity contribution >= 4 is 16.9 Å². The first-order chi connectivity index (χ1) is 15.2. The van der Waals surface area contributed by atoms with Crippen molar-refractivity contribution in [2.45, 2.75) is 40.3 Å². The number of hydrogen-bond acceptors (Lipinski definition) is 4. The van der Waals surface area contributed by atoms with Crippen molar-refractivity contribution in [3.63, 3.8) is 0 Å². The third kappa shape index (κ3) is 5.14. The van der Waals surface area contributed by atoms with Crippen LogP contribution in [0.25, 0.3) is 10.9 Å². The van der Waals surface area contributed by atoms with Crippen LogP contribution < -0.4 is 9.47 Å². The van der Waals surface area contributed by atoms with E-state index in [1.54, 1.807) is 13.2 Å². The largest absolute Gasteiger partial charge is 0.497 e. The summed E-state index contributed by atoms with van der Waals surface area (Å²) in [6, 6.07) is 13.3. The van der Waals surface area contributed by atoms with Gasteiger partial charge < -0.3 is 24.3 Å². The second-order valence-corrected chi connectivity index (χ2v) is 8.35. The van der Waals surface area contributed by atoms with Gasteiger partial charge in [-0.15, -0.1) is 0 Å². The Balaban J connectivity index is 2.08. The molecule has 0 amide bonds. The van der Waals surface area contributed by atoms with Crippen LogP contribution in [0, 0.1) is 12.8 Å². The lowest BCUT2D eigenvalue weighted by molar-refractivity contribution is -0.139. The van der Waals surface area contributed by atoms with Crippen LogP contribution in [0.2, 0.25) is 0 Å². The summed E-state index contributed by atoms with van der Waals surface area (Å²) in [5.74, 6) is 0.582. The number of allylic oxidation sites excluding steroid dienone is 1. The van der Waals surface area contributed by atoms with Crippen LogP contribution in [0.1, 0.15) is 43.8 Å². The van der Waals surface area contributed by atoms with Crippen LogP contribution in [-0.2, 0) is 11.2 Å². The summed E-state index contributed by atoms with van der Waals surface area (Å²) in [6.45, 7) is 7.76. The van der Waals surface area contributed by atoms with Crippen LogP contribution in [0.4, 0.5) is 0 Å². The maximum Gasteiger partial charge on any atom is 0.341 e. The van der Waals surface area contributed by atoms with Crippen molar-refractivity contribution in [3.8, 4) is 11.5 Å². The molecule has 6 heteroatoms. The summed E-state index contributed by atoms with van der Waals surface area (Å²) < 4.78 is 12.8. The average molecular weight is 438 g/mol. The number of benzene rings is 2. The lowest BCUT2D eigenvalue weighted by atomic mass is 10.0. The van der Waals surface area contributed by atoms with Gasteiger partial charge in [0.1, 0.15) is 11.5 Å². The Morgan fingerprint density at radius 1 is 1.16 bits per heavy atom. The molecular formula is C26H31NO5. The molecule has 1 aromatic heterocycles. The fourth-order valence-corrected chi connectivity index (χ4v) is 4.06. The minimum atomic E-state index is -1.01. The number of hydrogen-bond donors (Lipinski definition) is 2. The molecule has 0 radical (unpaired) electrons. The van der Waals surface area contributed by atoms with Gasteiger partial charge in [0.2, 0.25) is 0 Å². The van der Waals surface area contributed by atoms with E-state index >= 15 is 0 Å². The molecule has 0 aliphatic rings. The predicted octanol–water partition coefficient (Wildman–Crippen LogP) is 5.11. The Bertz CT molecular complexity index is 1140. The van der Waals surface area contributed by atoms with Crippen molar-refractivity contribution in [1.82, 2.24) is 4.57 Å². The molecular weight excluding hydrogens is 406 g/mol. The van der Waals surface area contributed by atoms with Crippen molar-refractivity contribution in [1.29, 1.82) is 0 Å². The van der Waals surface area contributed by atoms with Gasteiger partial charge >= 0.3 is 5.97 Å². The molecule has 1 atom stereocenters. The molecule has 170 valence electrons. The molecule has 3 aromatic rings. The van der Waals surface area contributed by atoms with E-state index in [0.717, 1.165) is 39.0 Å². The summed E-state index contributed by atoms with van der Waals surface area (Å²) in [5.41, 5.74) is 4.86. The molecule has 2 aromatic carbocycles. The number of fused-ring (bicyclic) bond motifs is 1. The number of nitrogens with zero attached hydrogens (tertiary/aromatic N) is 1. The molecule has 0 aliphatic carbocycles. The molecule has 0 fully saturated rings. The number of aliphatic hydroxyl groups is 1. The van der Waals surface area contributed by atoms with E-state index in [-0.39, 0.29) is 6.61 Å². The Hall–Kier alpha value is -3.25. The molecule has 6 nitrogen and oxygen atoms in total. The van der Waals surface area contributed by atoms with Crippen LogP contribution >= 0.6 is 0 Å². The molecule has 0 bridgehead atoms. The third-order valence-corrected chi connectivity index (χ3v) is 5.48. The fraction of sp³-hybridized carbons (Fsp3) is 0.346. The van der Waals surface area contributed by atoms with Crippen LogP contribution in [0.3, 0.4) is 0 Å². The van der Waals surface area contributed by atoms with E-state index in [1.807, 2.05) is 54.8 Å². The highest BCUT2D eigenvalue weighted by molar-refractivity contribution is 5.87. The molecule has 1 unspecified atom stereocenters. The number of rotatable bonds is 9. The topological polar surface area (TPSA) is 80.9 Å². The summed E-state index contributed by atoms with van der Waals surface area (Å²) in [7, 11) is 1.64. The van der Waals surface area contributed by atoms with E-state index in [0.29, 0.717) is 18.1 Å². The molecule has 0 spiro atoms. The smallest absolute Gasteiger partial charge is 0.341 e. The Morgan fingerprint density at radius 2 is 1.91 bits per heavy atom. The standard InChI is InChI=1S/C26H31NO5/c1-16(2)11-17(3)26(30)27-18(4)22(23-14-20(31-5)9-10-24(23)27)13-19-7-6-8-21(12-19)32-15-25(28)29/h6-12,14,16,26,30H,13,15H2,1-5H3,(H,28,29)/b17-11+. The summed E-state index contributed by atoms with van der Waals surface area (Å²) >= 11 is 0. The third-order valence-electron chi connectivity index (χ3n) is 5.48. The van der Waals surface area contributed by atoms with Gasteiger partial charge in [-0.3, -0.25) is 0 Å². The van der Waals surface area contributed by atoms with E-state index in [4.69, 9.17) is 14.6 Å². The fourth-order valence-electron chi connectivity index (χ4n) is 4.06. The quantitative estimate of drug-likeness (QED) is 0.455. The van der Waals surface area contributed by atoms with Gasteiger partial charge in [0.05, 0.1) is 12.6 Å². The van der Waals surface area contributed by atoms with Crippen LogP contribution in [0.15, 0.2) is 54.1 Å². The summed E-state index contributed by atoms with van der Waals surface area (Å²) in [5, 5.41) is 21.1. The number of ether oxygens (including phenoxy) is 2. The zero-order valence-corrected chi connectivity index (χ0v) is 19.3. The minimum absolute atomic E-state index is 0.333. The van der Waals surface area contributed by atoms with Crippen LogP contribution in [0.5, 0.6) is 11.5 Å². The van der Waals surface area contributed by atoms with E-state index in [1.165, 1.54) is 0 Å². The SMILES string of the molecule is COc1ccc2c(c1)c(Cc1cccc(OCC(=O)O)c1)c(C)n2C(O)/C(C)=C/C(C)C. The summed E-state index contributed by atoms with van der Waals surface area (Å²) in [4.78, 5) is 10.8. The maximum atomic E-state index is 11.2. The number of aliphatic hydroxyl groups excluding tert-OH is 1. The van der Waals surface area contributed by atoms with E-state index < -0.39 is 12.2 Å². The number of carboxylic acid groups (broad SMARTS) is 1. The Morgan fingerprint density at radius 3 is 2.56 bits per heavy atom. The molecule has 32 heavy (non-hydrogen) atoms. The maximum absolute atomic E-state index is 11.2. The van der Waals surface area contributed by atoms with E-state index in [2.05, 4.69) is 19.9 Å². The van der Waals surface area contributed by atoms with Gasteiger partial charge in [0.25, 0.3) is 0 Å². The first-order valence-corrected chi connectivity index (χ1v) is 10.7. The lowest BCUT2D eigenvalue weighted by Gasteiger charge is -2.18. The monoisotopic (exact) mass is 437 g/mol. The van der Waals surface area contributed by atoms with Gasteiger partial charge in [-0.25, -0.2) is 4.79 Å². The number of methoxy groups -OCH3 is 1. The van der Waals surface area contributed by atoms with Gasteiger partial charge in [0.15, 0.2) is 12.8 Å². The van der Waals surface area contributed by atoms with Crippen LogP contribution in [-0.4, -0.2) is 34.5 Å². The number of carboxylic acids is 1. The zero-order valence-electron chi connectivity index (χ0n) is 19.3. The first kappa shape index (κ1) is 23.4. The lowest BCUT2D eigenvalue weighted by Crippen LogP contribution is -2.12. The van der Waals surface area contributed by atoms with Gasteiger partial charge in [-0.05, 0) is 73.2 Å². The van der Waals surface area contributed by atoms with Crippen molar-refractivity contribution < 1.29 is 24.5 Å². The number of aliphatic carboxylic acids is 1. The van der Waals surface area contributed by atoms with Gasteiger partial charge in [-0.1, -0.05) is 32.1 Å². The van der Waals surface area contributed by atoms with Crippen molar-refractivity contribution in [3.05, 3.63) is 70.9 Å². The highest BCUT2D eigenvalue weighted by Crippen LogP contribution is 2.35. The highest BCUT2D eigenvalue weighted by Gasteiger charge is 2.21. The molecule has 0 saturated carbocycles. The predicted molar refractivity (Wildman–Crippen MR) is 125 cm³/mol. The first-order valence-electron chi connectivity index (χ1n) is 10.7. The van der Waals surface area contributed by atoms with Crippen molar-refractivity contribution in [2.24, 2.45) is 5.92 Å². The molecule has 1 heterocycles. The Kier molecular flexibility index (Phi) is 7.26. The normalized spacial score (nSPS) is 12.9. The average Bonchev–Trinajstić information content (AvgIpc) is 3.02.